The SMILES string of the molecule is CC1C(C(=O)O)=CC(c2cc(C(F)(F)F)cc(C(F)(F)F)c2)=CC1(Cc1cccc(F)c1)C(=O)O. The molecule has 0 saturated heterocycles. The maximum atomic E-state index is 13.7. The zero-order chi connectivity index (χ0) is 26.3. The van der Waals surface area contributed by atoms with E-state index in [0.29, 0.717) is 12.1 Å². The van der Waals surface area contributed by atoms with E-state index < -0.39 is 75.7 Å². The van der Waals surface area contributed by atoms with Gasteiger partial charge in [-0.15, -0.1) is 0 Å². The molecule has 186 valence electrons. The van der Waals surface area contributed by atoms with Crippen molar-refractivity contribution in [2.24, 2.45) is 11.3 Å². The minimum Gasteiger partial charge on any atom is -0.481 e. The molecule has 2 atom stereocenters. The average Bonchev–Trinajstić information content (AvgIpc) is 2.73. The van der Waals surface area contributed by atoms with Gasteiger partial charge in [-0.25, -0.2) is 9.18 Å². The molecule has 2 aromatic carbocycles. The molecule has 1 aliphatic carbocycles. The van der Waals surface area contributed by atoms with E-state index in [4.69, 9.17) is 0 Å². The first-order chi connectivity index (χ1) is 16.0. The molecule has 0 fully saturated rings. The van der Waals surface area contributed by atoms with Gasteiger partial charge in [-0.2, -0.15) is 26.3 Å². The molecule has 4 nitrogen and oxygen atoms in total. The lowest BCUT2D eigenvalue weighted by molar-refractivity contribution is -0.149. The molecule has 0 spiro atoms. The number of carboxylic acid groups (broad SMARTS) is 2. The first-order valence-corrected chi connectivity index (χ1v) is 10.00. The van der Waals surface area contributed by atoms with E-state index in [1.165, 1.54) is 19.1 Å². The van der Waals surface area contributed by atoms with Crippen LogP contribution in [0.5, 0.6) is 0 Å². The van der Waals surface area contributed by atoms with Crippen molar-refractivity contribution in [1.82, 2.24) is 0 Å². The Labute approximate surface area is 194 Å². The predicted octanol–water partition coefficient (Wildman–Crippen LogP) is 6.22. The van der Waals surface area contributed by atoms with Crippen molar-refractivity contribution in [2.75, 3.05) is 0 Å². The Hall–Kier alpha value is -3.63. The van der Waals surface area contributed by atoms with Gasteiger partial charge in [0.25, 0.3) is 0 Å². The molecule has 0 amide bonds. The van der Waals surface area contributed by atoms with Gasteiger partial charge >= 0.3 is 24.3 Å². The largest absolute Gasteiger partial charge is 0.481 e. The minimum atomic E-state index is -5.16. The van der Waals surface area contributed by atoms with Crippen LogP contribution in [0.2, 0.25) is 0 Å². The molecular weight excluding hydrogens is 485 g/mol. The number of rotatable bonds is 5. The van der Waals surface area contributed by atoms with E-state index in [2.05, 4.69) is 0 Å². The summed E-state index contributed by atoms with van der Waals surface area (Å²) in [6.07, 6.45) is -9.00. The molecular formula is C24H17F7O4. The molecule has 0 aromatic heterocycles. The van der Waals surface area contributed by atoms with Gasteiger partial charge < -0.3 is 10.2 Å². The fourth-order valence-corrected chi connectivity index (χ4v) is 4.06. The van der Waals surface area contributed by atoms with Crippen molar-refractivity contribution in [3.05, 3.63) is 88.3 Å². The first-order valence-electron chi connectivity index (χ1n) is 10.00. The average molecular weight is 502 g/mol. The Morgan fingerprint density at radius 2 is 1.51 bits per heavy atom. The van der Waals surface area contributed by atoms with Crippen LogP contribution in [0, 0.1) is 17.2 Å². The smallest absolute Gasteiger partial charge is 0.416 e. The standard InChI is InChI=1S/C24H17F7O4/c1-12-19(20(32)33)8-15(11-22(12,21(34)35)10-13-3-2-4-18(25)5-13)14-6-16(23(26,27)28)9-17(7-14)24(29,30)31/h2-9,11-12H,10H2,1H3,(H,32,33)(H,34,35). The van der Waals surface area contributed by atoms with Crippen molar-refractivity contribution in [1.29, 1.82) is 0 Å². The Bertz CT molecular complexity index is 1210. The highest BCUT2D eigenvalue weighted by Crippen LogP contribution is 2.46. The van der Waals surface area contributed by atoms with Gasteiger partial charge in [0, 0.05) is 11.5 Å². The highest BCUT2D eigenvalue weighted by Gasteiger charge is 2.48. The van der Waals surface area contributed by atoms with Crippen molar-refractivity contribution < 1.29 is 50.5 Å². The number of carbonyl (C=O) groups is 2. The van der Waals surface area contributed by atoms with E-state index in [0.717, 1.165) is 24.3 Å². The van der Waals surface area contributed by atoms with Crippen molar-refractivity contribution in [2.45, 2.75) is 25.7 Å². The van der Waals surface area contributed by atoms with E-state index in [9.17, 15) is 50.5 Å². The third-order valence-electron chi connectivity index (χ3n) is 5.92. The van der Waals surface area contributed by atoms with Gasteiger partial charge in [-0.05, 0) is 59.5 Å². The molecule has 2 aromatic rings. The highest BCUT2D eigenvalue weighted by atomic mass is 19.4. The monoisotopic (exact) mass is 502 g/mol. The third kappa shape index (κ3) is 5.23. The van der Waals surface area contributed by atoms with Crippen LogP contribution in [0.1, 0.15) is 29.2 Å². The van der Waals surface area contributed by atoms with Crippen LogP contribution in [-0.4, -0.2) is 22.2 Å². The van der Waals surface area contributed by atoms with Crippen LogP contribution in [0.15, 0.2) is 60.2 Å². The summed E-state index contributed by atoms with van der Waals surface area (Å²) in [5.74, 6) is -5.16. The molecule has 2 unspecified atom stereocenters. The second kappa shape index (κ2) is 8.86. The van der Waals surface area contributed by atoms with Crippen molar-refractivity contribution in [3.63, 3.8) is 0 Å². The minimum absolute atomic E-state index is 0.0888. The molecule has 0 heterocycles. The van der Waals surface area contributed by atoms with Crippen molar-refractivity contribution >= 4 is 17.5 Å². The molecule has 2 N–H and O–H groups in total. The molecule has 1 aliphatic rings. The highest BCUT2D eigenvalue weighted by molar-refractivity contribution is 5.97. The van der Waals surface area contributed by atoms with Crippen LogP contribution >= 0.6 is 0 Å². The van der Waals surface area contributed by atoms with Gasteiger partial charge in [-0.3, -0.25) is 4.79 Å². The fourth-order valence-electron chi connectivity index (χ4n) is 4.06. The normalized spacial score (nSPS) is 20.7. The number of aliphatic carboxylic acids is 2. The molecule has 0 radical (unpaired) electrons. The van der Waals surface area contributed by atoms with Crippen LogP contribution < -0.4 is 0 Å². The lowest BCUT2D eigenvalue weighted by Crippen LogP contribution is -2.42. The zero-order valence-corrected chi connectivity index (χ0v) is 17.8. The van der Waals surface area contributed by atoms with Crippen LogP contribution in [0.4, 0.5) is 30.7 Å². The summed E-state index contributed by atoms with van der Waals surface area (Å²) < 4.78 is 93.8. The van der Waals surface area contributed by atoms with Gasteiger partial charge in [0.05, 0.1) is 16.5 Å². The Balaban J connectivity index is 2.31. The van der Waals surface area contributed by atoms with Crippen LogP contribution in [0.25, 0.3) is 5.57 Å². The summed E-state index contributed by atoms with van der Waals surface area (Å²) in [7, 11) is 0. The van der Waals surface area contributed by atoms with Gasteiger partial charge in [0.15, 0.2) is 0 Å². The Kier molecular flexibility index (Phi) is 6.58. The van der Waals surface area contributed by atoms with Gasteiger partial charge in [-0.1, -0.05) is 25.1 Å². The summed E-state index contributed by atoms with van der Waals surface area (Å²) in [6.45, 7) is 1.26. The van der Waals surface area contributed by atoms with E-state index in [-0.39, 0.29) is 11.6 Å². The summed E-state index contributed by atoms with van der Waals surface area (Å²) in [6, 6.07) is 5.45. The van der Waals surface area contributed by atoms with Gasteiger partial charge in [0.1, 0.15) is 5.82 Å². The third-order valence-corrected chi connectivity index (χ3v) is 5.92. The quantitative estimate of drug-likeness (QED) is 0.476. The molecule has 0 aliphatic heterocycles. The topological polar surface area (TPSA) is 74.6 Å². The number of carboxylic acids is 2. The fraction of sp³-hybridized carbons (Fsp3) is 0.250. The van der Waals surface area contributed by atoms with Crippen LogP contribution in [0.3, 0.4) is 0 Å². The second-order valence-corrected chi connectivity index (χ2v) is 8.17. The first kappa shape index (κ1) is 26.0. The van der Waals surface area contributed by atoms with Gasteiger partial charge in [0.2, 0.25) is 0 Å². The summed E-state index contributed by atoms with van der Waals surface area (Å²) in [5.41, 5.74) is -6.90. The molecule has 35 heavy (non-hydrogen) atoms. The lowest BCUT2D eigenvalue weighted by atomic mass is 9.64. The molecule has 11 heteroatoms. The van der Waals surface area contributed by atoms with E-state index >= 15 is 0 Å². The number of allylic oxidation sites excluding steroid dienone is 2. The maximum absolute atomic E-state index is 13.7. The van der Waals surface area contributed by atoms with Crippen LogP contribution in [-0.2, 0) is 28.4 Å². The van der Waals surface area contributed by atoms with E-state index in [1.54, 1.807) is 0 Å². The Morgan fingerprint density at radius 1 is 0.943 bits per heavy atom. The van der Waals surface area contributed by atoms with E-state index in [1.807, 2.05) is 0 Å². The zero-order valence-electron chi connectivity index (χ0n) is 17.8. The number of halogens is 7. The maximum Gasteiger partial charge on any atom is 0.416 e. The summed E-state index contributed by atoms with van der Waals surface area (Å²) >= 11 is 0. The molecule has 3 rings (SSSR count). The molecule has 0 saturated carbocycles. The number of benzene rings is 2. The second-order valence-electron chi connectivity index (χ2n) is 8.17. The lowest BCUT2D eigenvalue weighted by Gasteiger charge is -2.37. The number of hydrogen-bond donors (Lipinski definition) is 2. The molecule has 0 bridgehead atoms. The summed E-state index contributed by atoms with van der Waals surface area (Å²) in [5, 5.41) is 19.8. The predicted molar refractivity (Wildman–Crippen MR) is 109 cm³/mol. The number of hydrogen-bond acceptors (Lipinski definition) is 2. The number of alkyl halides is 6. The summed E-state index contributed by atoms with van der Waals surface area (Å²) in [4.78, 5) is 24.4. The Morgan fingerprint density at radius 3 is 1.97 bits per heavy atom. The van der Waals surface area contributed by atoms with Crippen molar-refractivity contribution in [3.8, 4) is 0 Å².